The maximum absolute atomic E-state index is 12.4. The highest BCUT2D eigenvalue weighted by molar-refractivity contribution is 5.76. The van der Waals surface area contributed by atoms with E-state index in [2.05, 4.69) is 17.1 Å². The van der Waals surface area contributed by atoms with Gasteiger partial charge in [-0.1, -0.05) is 32.1 Å². The largest absolute Gasteiger partial charge is 0.339 e. The minimum absolute atomic E-state index is 0.391. The number of carbonyl (C=O) groups excluding carboxylic acids is 1. The molecule has 1 N–H and O–H groups in total. The van der Waals surface area contributed by atoms with E-state index in [0.717, 1.165) is 38.4 Å². The number of carbonyl (C=O) groups is 1. The van der Waals surface area contributed by atoms with Crippen molar-refractivity contribution in [2.75, 3.05) is 19.6 Å². The Morgan fingerprint density at radius 3 is 2.58 bits per heavy atom. The lowest BCUT2D eigenvalue weighted by Crippen LogP contribution is -2.48. The maximum atomic E-state index is 12.4. The van der Waals surface area contributed by atoms with Crippen LogP contribution in [0.25, 0.3) is 0 Å². The van der Waals surface area contributed by atoms with Gasteiger partial charge >= 0.3 is 0 Å². The zero-order valence-corrected chi connectivity index (χ0v) is 12.5. The lowest BCUT2D eigenvalue weighted by Gasteiger charge is -2.34. The van der Waals surface area contributed by atoms with Crippen LogP contribution >= 0.6 is 0 Å². The van der Waals surface area contributed by atoms with Gasteiger partial charge in [0.2, 0.25) is 5.91 Å². The zero-order valence-electron chi connectivity index (χ0n) is 12.5. The molecule has 1 aliphatic heterocycles. The molecule has 0 bridgehead atoms. The first kappa shape index (κ1) is 14.8. The van der Waals surface area contributed by atoms with Crippen molar-refractivity contribution in [1.82, 2.24) is 10.2 Å². The highest BCUT2D eigenvalue weighted by Crippen LogP contribution is 2.27. The summed E-state index contributed by atoms with van der Waals surface area (Å²) in [6.45, 7) is 5.09. The van der Waals surface area contributed by atoms with Crippen molar-refractivity contribution in [3.05, 3.63) is 0 Å². The molecule has 1 saturated heterocycles. The zero-order chi connectivity index (χ0) is 13.5. The summed E-state index contributed by atoms with van der Waals surface area (Å²) in [7, 11) is 0. The summed E-state index contributed by atoms with van der Waals surface area (Å²) >= 11 is 0. The predicted octanol–water partition coefficient (Wildman–Crippen LogP) is 2.95. The standard InChI is InChI=1S/C16H30N2O/c1-2-18(15-9-6-12-17-13-15)16(19)11-10-14-7-4-3-5-8-14/h14-15,17H,2-13H2,1H3. The van der Waals surface area contributed by atoms with Crippen LogP contribution in [0.4, 0.5) is 0 Å². The van der Waals surface area contributed by atoms with Crippen LogP contribution in [0, 0.1) is 5.92 Å². The summed E-state index contributed by atoms with van der Waals surface area (Å²) < 4.78 is 0. The Bertz CT molecular complexity index is 268. The second-order valence-corrected chi connectivity index (χ2v) is 6.22. The Balaban J connectivity index is 1.75. The summed E-state index contributed by atoms with van der Waals surface area (Å²) in [5.41, 5.74) is 0. The number of nitrogens with zero attached hydrogens (tertiary/aromatic N) is 1. The van der Waals surface area contributed by atoms with E-state index < -0.39 is 0 Å². The molecule has 1 amide bonds. The van der Waals surface area contributed by atoms with E-state index in [1.165, 1.54) is 44.9 Å². The lowest BCUT2D eigenvalue weighted by atomic mass is 9.86. The minimum Gasteiger partial charge on any atom is -0.339 e. The first-order valence-electron chi connectivity index (χ1n) is 8.31. The van der Waals surface area contributed by atoms with Crippen LogP contribution in [0.3, 0.4) is 0 Å². The fraction of sp³-hybridized carbons (Fsp3) is 0.938. The molecule has 0 aromatic carbocycles. The Kier molecular flexibility index (Phi) is 6.15. The molecule has 1 aliphatic carbocycles. The minimum atomic E-state index is 0.391. The van der Waals surface area contributed by atoms with Crippen molar-refractivity contribution in [2.24, 2.45) is 5.92 Å². The van der Waals surface area contributed by atoms with Gasteiger partial charge in [0.05, 0.1) is 0 Å². The Morgan fingerprint density at radius 2 is 1.95 bits per heavy atom. The van der Waals surface area contributed by atoms with Crippen LogP contribution in [0.15, 0.2) is 0 Å². The van der Waals surface area contributed by atoms with E-state index in [1.54, 1.807) is 0 Å². The molecule has 0 spiro atoms. The summed E-state index contributed by atoms with van der Waals surface area (Å²) in [5, 5.41) is 3.42. The smallest absolute Gasteiger partial charge is 0.222 e. The molecule has 1 heterocycles. The van der Waals surface area contributed by atoms with Crippen LogP contribution in [0.5, 0.6) is 0 Å². The summed E-state index contributed by atoms with van der Waals surface area (Å²) in [5.74, 6) is 1.21. The molecule has 110 valence electrons. The fourth-order valence-corrected chi connectivity index (χ4v) is 3.68. The lowest BCUT2D eigenvalue weighted by molar-refractivity contribution is -0.134. The van der Waals surface area contributed by atoms with Gasteiger partial charge in [0.25, 0.3) is 0 Å². The van der Waals surface area contributed by atoms with E-state index >= 15 is 0 Å². The van der Waals surface area contributed by atoms with Crippen molar-refractivity contribution in [3.8, 4) is 0 Å². The SMILES string of the molecule is CCN(C(=O)CCC1CCCCC1)C1CCCNC1. The molecular weight excluding hydrogens is 236 g/mol. The van der Waals surface area contributed by atoms with Crippen LogP contribution in [-0.2, 0) is 4.79 Å². The summed E-state index contributed by atoms with van der Waals surface area (Å²) in [6, 6.07) is 0.442. The first-order chi connectivity index (χ1) is 9.31. The average Bonchev–Trinajstić information content (AvgIpc) is 2.48. The monoisotopic (exact) mass is 266 g/mol. The molecule has 3 nitrogen and oxygen atoms in total. The maximum Gasteiger partial charge on any atom is 0.222 e. The van der Waals surface area contributed by atoms with Gasteiger partial charge in [-0.15, -0.1) is 0 Å². The van der Waals surface area contributed by atoms with Gasteiger partial charge in [0, 0.05) is 25.6 Å². The van der Waals surface area contributed by atoms with Gasteiger partial charge in [0.15, 0.2) is 0 Å². The Labute approximate surface area is 118 Å². The molecule has 19 heavy (non-hydrogen) atoms. The number of hydrogen-bond donors (Lipinski definition) is 1. The number of likely N-dealkylation sites (N-methyl/N-ethyl adjacent to an activating group) is 1. The first-order valence-corrected chi connectivity index (χ1v) is 8.31. The van der Waals surface area contributed by atoms with Gasteiger partial charge in [-0.25, -0.2) is 0 Å². The number of rotatable bonds is 5. The molecule has 2 fully saturated rings. The second-order valence-electron chi connectivity index (χ2n) is 6.22. The number of piperidine rings is 1. The third kappa shape index (κ3) is 4.48. The van der Waals surface area contributed by atoms with Gasteiger partial charge in [0.1, 0.15) is 0 Å². The highest BCUT2D eigenvalue weighted by Gasteiger charge is 2.24. The molecule has 1 saturated carbocycles. The summed E-state index contributed by atoms with van der Waals surface area (Å²) in [4.78, 5) is 14.5. The normalized spacial score (nSPS) is 25.2. The van der Waals surface area contributed by atoms with Crippen LogP contribution < -0.4 is 5.32 Å². The topological polar surface area (TPSA) is 32.3 Å². The van der Waals surface area contributed by atoms with E-state index in [1.807, 2.05) is 0 Å². The van der Waals surface area contributed by atoms with Crippen molar-refractivity contribution in [1.29, 1.82) is 0 Å². The van der Waals surface area contributed by atoms with E-state index in [4.69, 9.17) is 0 Å². The molecule has 1 unspecified atom stereocenters. The number of amides is 1. The van der Waals surface area contributed by atoms with E-state index in [-0.39, 0.29) is 0 Å². The molecular formula is C16H30N2O. The van der Waals surface area contributed by atoms with Crippen LogP contribution in [0.1, 0.15) is 64.7 Å². The summed E-state index contributed by atoms with van der Waals surface area (Å²) in [6.07, 6.45) is 11.1. The number of hydrogen-bond acceptors (Lipinski definition) is 2. The van der Waals surface area contributed by atoms with Crippen molar-refractivity contribution >= 4 is 5.91 Å². The van der Waals surface area contributed by atoms with Crippen molar-refractivity contribution in [3.63, 3.8) is 0 Å². The molecule has 1 atom stereocenters. The van der Waals surface area contributed by atoms with Crippen LogP contribution in [-0.4, -0.2) is 36.5 Å². The van der Waals surface area contributed by atoms with Gasteiger partial charge in [-0.2, -0.15) is 0 Å². The quantitative estimate of drug-likeness (QED) is 0.830. The molecule has 0 radical (unpaired) electrons. The third-order valence-electron chi connectivity index (χ3n) is 4.86. The Hall–Kier alpha value is -0.570. The molecule has 2 aliphatic rings. The molecule has 3 heteroatoms. The van der Waals surface area contributed by atoms with Crippen LogP contribution in [0.2, 0.25) is 0 Å². The number of nitrogens with one attached hydrogen (secondary N) is 1. The van der Waals surface area contributed by atoms with Crippen molar-refractivity contribution in [2.45, 2.75) is 70.8 Å². The fourth-order valence-electron chi connectivity index (χ4n) is 3.68. The van der Waals surface area contributed by atoms with Gasteiger partial charge < -0.3 is 10.2 Å². The average molecular weight is 266 g/mol. The second kappa shape index (κ2) is 7.88. The molecule has 0 aromatic rings. The van der Waals surface area contributed by atoms with Gasteiger partial charge in [-0.05, 0) is 38.6 Å². The third-order valence-corrected chi connectivity index (χ3v) is 4.86. The molecule has 0 aromatic heterocycles. The molecule has 2 rings (SSSR count). The Morgan fingerprint density at radius 1 is 1.16 bits per heavy atom. The predicted molar refractivity (Wildman–Crippen MR) is 79.1 cm³/mol. The van der Waals surface area contributed by atoms with Gasteiger partial charge in [-0.3, -0.25) is 4.79 Å². The van der Waals surface area contributed by atoms with Crippen molar-refractivity contribution < 1.29 is 4.79 Å². The van der Waals surface area contributed by atoms with E-state index in [0.29, 0.717) is 11.9 Å². The highest BCUT2D eigenvalue weighted by atomic mass is 16.2. The van der Waals surface area contributed by atoms with E-state index in [9.17, 15) is 4.79 Å².